The number of nitrogens with zero attached hydrogens (tertiary/aromatic N) is 2. The zero-order valence-electron chi connectivity index (χ0n) is 14.3. The van der Waals surface area contributed by atoms with E-state index in [1.54, 1.807) is 0 Å². The molecule has 5 heteroatoms. The lowest BCUT2D eigenvalue weighted by molar-refractivity contribution is -0.124. The number of pyridine rings is 1. The maximum atomic E-state index is 12.6. The molecule has 0 aromatic carbocycles. The highest BCUT2D eigenvalue weighted by atomic mass is 16.2. The Balaban J connectivity index is 1.21. The molecule has 2 N–H and O–H groups in total. The van der Waals surface area contributed by atoms with E-state index >= 15 is 0 Å². The molecule has 1 aromatic heterocycles. The molecule has 1 aromatic rings. The number of nitrogens with one attached hydrogen (secondary N) is 2. The average molecular weight is 328 g/mol. The minimum Gasteiger partial charge on any atom is -0.353 e. The number of carbonyl (C=O) groups excluding carboxylic acids is 1. The summed E-state index contributed by atoms with van der Waals surface area (Å²) in [5.41, 5.74) is 1.47. The Labute approximate surface area is 144 Å². The predicted octanol–water partition coefficient (Wildman–Crippen LogP) is 1.55. The molecule has 3 aliphatic rings. The molecule has 130 valence electrons. The van der Waals surface area contributed by atoms with Crippen LogP contribution < -0.4 is 10.6 Å². The first-order chi connectivity index (χ1) is 11.8. The quantitative estimate of drug-likeness (QED) is 0.880. The molecule has 1 saturated carbocycles. The summed E-state index contributed by atoms with van der Waals surface area (Å²) in [5, 5.41) is 6.74. The summed E-state index contributed by atoms with van der Waals surface area (Å²) in [6, 6.07) is 6.44. The second-order valence-corrected chi connectivity index (χ2v) is 7.75. The monoisotopic (exact) mass is 328 g/mol. The summed E-state index contributed by atoms with van der Waals surface area (Å²) in [5.74, 6) is 0.603. The van der Waals surface area contributed by atoms with Crippen LogP contribution in [0.4, 0.5) is 0 Å². The number of carbonyl (C=O) groups is 1. The van der Waals surface area contributed by atoms with Gasteiger partial charge in [0, 0.05) is 37.8 Å². The van der Waals surface area contributed by atoms with Crippen LogP contribution in [-0.4, -0.2) is 48.0 Å². The SMILES string of the molecule is O=C(NC1CCN(Cc2ccccn2)CC1)C1CC12CCNCC2. The molecule has 1 unspecified atom stereocenters. The van der Waals surface area contributed by atoms with E-state index in [0.717, 1.165) is 57.7 Å². The second-order valence-electron chi connectivity index (χ2n) is 7.75. The summed E-state index contributed by atoms with van der Waals surface area (Å²) < 4.78 is 0. The minimum atomic E-state index is 0.283. The van der Waals surface area contributed by atoms with Gasteiger partial charge in [-0.1, -0.05) is 6.07 Å². The third-order valence-corrected chi connectivity index (χ3v) is 6.15. The van der Waals surface area contributed by atoms with Crippen molar-refractivity contribution in [1.82, 2.24) is 20.5 Å². The molecule has 1 aliphatic carbocycles. The van der Waals surface area contributed by atoms with Gasteiger partial charge >= 0.3 is 0 Å². The van der Waals surface area contributed by atoms with Gasteiger partial charge in [-0.15, -0.1) is 0 Å². The number of aromatic nitrogens is 1. The largest absolute Gasteiger partial charge is 0.353 e. The molecule has 3 heterocycles. The lowest BCUT2D eigenvalue weighted by Crippen LogP contribution is -2.45. The van der Waals surface area contributed by atoms with Crippen molar-refractivity contribution in [3.05, 3.63) is 30.1 Å². The maximum absolute atomic E-state index is 12.6. The number of rotatable bonds is 4. The Morgan fingerprint density at radius 2 is 2.08 bits per heavy atom. The molecule has 0 radical (unpaired) electrons. The van der Waals surface area contributed by atoms with E-state index in [2.05, 4.69) is 26.6 Å². The van der Waals surface area contributed by atoms with Gasteiger partial charge in [0.15, 0.2) is 0 Å². The van der Waals surface area contributed by atoms with Crippen LogP contribution in [0.25, 0.3) is 0 Å². The fourth-order valence-electron chi connectivity index (χ4n) is 4.45. The highest BCUT2D eigenvalue weighted by Gasteiger charge is 2.57. The van der Waals surface area contributed by atoms with Crippen LogP contribution in [-0.2, 0) is 11.3 Å². The lowest BCUT2D eigenvalue weighted by atomic mass is 9.91. The molecule has 0 bridgehead atoms. The summed E-state index contributed by atoms with van der Waals surface area (Å²) in [7, 11) is 0. The minimum absolute atomic E-state index is 0.283. The molecule has 4 rings (SSSR count). The third-order valence-electron chi connectivity index (χ3n) is 6.15. The van der Waals surface area contributed by atoms with Crippen molar-refractivity contribution in [2.75, 3.05) is 26.2 Å². The Kier molecular flexibility index (Phi) is 4.55. The molecular formula is C19H28N4O. The van der Waals surface area contributed by atoms with Crippen molar-refractivity contribution in [3.63, 3.8) is 0 Å². The molecule has 2 aliphatic heterocycles. The molecule has 24 heavy (non-hydrogen) atoms. The normalized spacial score (nSPS) is 27.1. The predicted molar refractivity (Wildman–Crippen MR) is 93.3 cm³/mol. The molecule has 2 saturated heterocycles. The average Bonchev–Trinajstić information content (AvgIpc) is 3.31. The number of piperidine rings is 2. The van der Waals surface area contributed by atoms with Gasteiger partial charge in [-0.25, -0.2) is 0 Å². The zero-order valence-corrected chi connectivity index (χ0v) is 14.3. The first kappa shape index (κ1) is 16.0. The van der Waals surface area contributed by atoms with Crippen molar-refractivity contribution in [2.24, 2.45) is 11.3 Å². The maximum Gasteiger partial charge on any atom is 0.223 e. The standard InChI is InChI=1S/C19H28N4O/c24-18(17-13-19(17)6-9-20-10-7-19)22-15-4-11-23(12-5-15)14-16-3-1-2-8-21-16/h1-3,8,15,17,20H,4-7,9-14H2,(H,22,24). The summed E-state index contributed by atoms with van der Waals surface area (Å²) in [6.45, 7) is 5.16. The molecule has 1 spiro atoms. The van der Waals surface area contributed by atoms with Crippen LogP contribution in [0, 0.1) is 11.3 Å². The molecule has 5 nitrogen and oxygen atoms in total. The Morgan fingerprint density at radius 3 is 2.79 bits per heavy atom. The summed E-state index contributed by atoms with van der Waals surface area (Å²) >= 11 is 0. The topological polar surface area (TPSA) is 57.3 Å². The van der Waals surface area contributed by atoms with Crippen LogP contribution in [0.15, 0.2) is 24.4 Å². The number of hydrogen-bond acceptors (Lipinski definition) is 4. The number of amides is 1. The number of hydrogen-bond donors (Lipinski definition) is 2. The number of likely N-dealkylation sites (tertiary alicyclic amines) is 1. The Bertz CT molecular complexity index is 562. The second kappa shape index (κ2) is 6.81. The van der Waals surface area contributed by atoms with E-state index in [1.807, 2.05) is 18.3 Å². The molecule has 1 atom stereocenters. The van der Waals surface area contributed by atoms with Crippen LogP contribution in [0.1, 0.15) is 37.8 Å². The van der Waals surface area contributed by atoms with Crippen molar-refractivity contribution < 1.29 is 4.79 Å². The van der Waals surface area contributed by atoms with Gasteiger partial charge in [-0.05, 0) is 62.7 Å². The van der Waals surface area contributed by atoms with Gasteiger partial charge in [0.05, 0.1) is 5.69 Å². The lowest BCUT2D eigenvalue weighted by Gasteiger charge is -2.32. The highest BCUT2D eigenvalue weighted by molar-refractivity contribution is 5.82. The third kappa shape index (κ3) is 3.47. The van der Waals surface area contributed by atoms with Crippen molar-refractivity contribution >= 4 is 5.91 Å². The van der Waals surface area contributed by atoms with E-state index in [0.29, 0.717) is 17.4 Å². The van der Waals surface area contributed by atoms with Gasteiger partial charge in [-0.3, -0.25) is 14.7 Å². The van der Waals surface area contributed by atoms with Crippen molar-refractivity contribution in [3.8, 4) is 0 Å². The first-order valence-electron chi connectivity index (χ1n) is 9.39. The Hall–Kier alpha value is -1.46. The van der Waals surface area contributed by atoms with Gasteiger partial charge in [0.2, 0.25) is 5.91 Å². The van der Waals surface area contributed by atoms with Gasteiger partial charge in [-0.2, -0.15) is 0 Å². The van der Waals surface area contributed by atoms with E-state index < -0.39 is 0 Å². The van der Waals surface area contributed by atoms with Crippen molar-refractivity contribution in [2.45, 2.75) is 44.7 Å². The van der Waals surface area contributed by atoms with Crippen LogP contribution >= 0.6 is 0 Å². The Morgan fingerprint density at radius 1 is 1.29 bits per heavy atom. The molecular weight excluding hydrogens is 300 g/mol. The zero-order chi connectivity index (χ0) is 16.4. The van der Waals surface area contributed by atoms with E-state index in [1.165, 1.54) is 12.8 Å². The summed E-state index contributed by atoms with van der Waals surface area (Å²) in [6.07, 6.45) is 7.43. The van der Waals surface area contributed by atoms with Crippen LogP contribution in [0.2, 0.25) is 0 Å². The fraction of sp³-hybridized carbons (Fsp3) is 0.684. The van der Waals surface area contributed by atoms with E-state index in [9.17, 15) is 4.79 Å². The first-order valence-corrected chi connectivity index (χ1v) is 9.39. The van der Waals surface area contributed by atoms with Crippen molar-refractivity contribution in [1.29, 1.82) is 0 Å². The smallest absolute Gasteiger partial charge is 0.223 e. The highest BCUT2D eigenvalue weighted by Crippen LogP contribution is 2.58. The van der Waals surface area contributed by atoms with Gasteiger partial charge in [0.1, 0.15) is 0 Å². The van der Waals surface area contributed by atoms with Crippen LogP contribution in [0.3, 0.4) is 0 Å². The fourth-order valence-corrected chi connectivity index (χ4v) is 4.45. The van der Waals surface area contributed by atoms with E-state index in [4.69, 9.17) is 0 Å². The summed E-state index contributed by atoms with van der Waals surface area (Å²) in [4.78, 5) is 19.4. The molecule has 1 amide bonds. The van der Waals surface area contributed by atoms with Gasteiger partial charge in [0.25, 0.3) is 0 Å². The van der Waals surface area contributed by atoms with E-state index in [-0.39, 0.29) is 5.92 Å². The van der Waals surface area contributed by atoms with Crippen LogP contribution in [0.5, 0.6) is 0 Å². The molecule has 3 fully saturated rings. The van der Waals surface area contributed by atoms with Gasteiger partial charge < -0.3 is 10.6 Å².